The second-order valence-electron chi connectivity index (χ2n) is 3.99. The minimum absolute atomic E-state index is 0.409. The monoisotopic (exact) mass is 252 g/mol. The van der Waals surface area contributed by atoms with Crippen LogP contribution in [-0.4, -0.2) is 9.55 Å². The summed E-state index contributed by atoms with van der Waals surface area (Å²) in [7, 11) is 0. The van der Waals surface area contributed by atoms with Crippen molar-refractivity contribution in [3.8, 4) is 5.69 Å². The summed E-state index contributed by atoms with van der Waals surface area (Å²) in [4.78, 5) is 3.07. The van der Waals surface area contributed by atoms with E-state index in [2.05, 4.69) is 18.8 Å². The van der Waals surface area contributed by atoms with E-state index in [1.54, 1.807) is 0 Å². The van der Waals surface area contributed by atoms with Gasteiger partial charge in [-0.05, 0) is 36.3 Å². The molecule has 1 N–H and O–H groups in total. The number of aromatic amines is 1. The van der Waals surface area contributed by atoms with E-state index in [9.17, 15) is 0 Å². The first-order valence-electron chi connectivity index (χ1n) is 5.16. The molecule has 1 aromatic heterocycles. The molecule has 0 saturated heterocycles. The Labute approximate surface area is 105 Å². The van der Waals surface area contributed by atoms with Gasteiger partial charge in [0, 0.05) is 22.6 Å². The Kier molecular flexibility index (Phi) is 3.17. The van der Waals surface area contributed by atoms with Crippen LogP contribution in [0.5, 0.6) is 0 Å². The fourth-order valence-electron chi connectivity index (χ4n) is 1.69. The lowest BCUT2D eigenvalue weighted by molar-refractivity contribution is 0.783. The standard InChI is InChI=1S/C12H13ClN2S/c1-8(2)11-7-14-12(16)15(11)10-5-3-4-9(13)6-10/h3-8H,1-2H3,(H,14,16). The molecule has 0 saturated carbocycles. The predicted octanol–water partition coefficient (Wildman–Crippen LogP) is 4.31. The van der Waals surface area contributed by atoms with Crippen molar-refractivity contribution in [3.63, 3.8) is 0 Å². The zero-order chi connectivity index (χ0) is 11.7. The summed E-state index contributed by atoms with van der Waals surface area (Å²) in [5.41, 5.74) is 2.16. The molecule has 84 valence electrons. The van der Waals surface area contributed by atoms with Gasteiger partial charge in [0.15, 0.2) is 4.77 Å². The molecule has 0 spiro atoms. The van der Waals surface area contributed by atoms with E-state index in [1.807, 2.05) is 35.0 Å². The number of H-pyrrole nitrogens is 1. The predicted molar refractivity (Wildman–Crippen MR) is 70.1 cm³/mol. The van der Waals surface area contributed by atoms with Gasteiger partial charge >= 0.3 is 0 Å². The number of aromatic nitrogens is 2. The van der Waals surface area contributed by atoms with Crippen molar-refractivity contribution >= 4 is 23.8 Å². The van der Waals surface area contributed by atoms with Crippen molar-refractivity contribution in [1.29, 1.82) is 0 Å². The van der Waals surface area contributed by atoms with Crippen molar-refractivity contribution in [3.05, 3.63) is 45.9 Å². The van der Waals surface area contributed by atoms with Crippen molar-refractivity contribution in [1.82, 2.24) is 9.55 Å². The van der Waals surface area contributed by atoms with Crippen LogP contribution in [0.15, 0.2) is 30.5 Å². The lowest BCUT2D eigenvalue weighted by Gasteiger charge is -2.10. The van der Waals surface area contributed by atoms with Crippen molar-refractivity contribution < 1.29 is 0 Å². The molecule has 0 unspecified atom stereocenters. The van der Waals surface area contributed by atoms with Crippen LogP contribution in [0, 0.1) is 4.77 Å². The van der Waals surface area contributed by atoms with E-state index in [0.29, 0.717) is 10.7 Å². The maximum Gasteiger partial charge on any atom is 0.182 e. The molecule has 0 radical (unpaired) electrons. The third-order valence-electron chi connectivity index (χ3n) is 2.46. The van der Waals surface area contributed by atoms with Crippen LogP contribution in [0.4, 0.5) is 0 Å². The summed E-state index contributed by atoms with van der Waals surface area (Å²) in [5, 5.41) is 0.718. The average Bonchev–Trinajstić information content (AvgIpc) is 2.60. The molecule has 2 rings (SSSR count). The Balaban J connectivity index is 2.63. The highest BCUT2D eigenvalue weighted by molar-refractivity contribution is 7.71. The zero-order valence-corrected chi connectivity index (χ0v) is 10.8. The van der Waals surface area contributed by atoms with E-state index < -0.39 is 0 Å². The van der Waals surface area contributed by atoms with Gasteiger partial charge in [0.25, 0.3) is 0 Å². The molecule has 0 aliphatic rings. The minimum atomic E-state index is 0.409. The lowest BCUT2D eigenvalue weighted by atomic mass is 10.1. The molecule has 16 heavy (non-hydrogen) atoms. The Bertz CT molecular complexity index is 554. The van der Waals surface area contributed by atoms with Gasteiger partial charge in [-0.25, -0.2) is 0 Å². The molecular weight excluding hydrogens is 240 g/mol. The minimum Gasteiger partial charge on any atom is -0.337 e. The van der Waals surface area contributed by atoms with Crippen LogP contribution in [-0.2, 0) is 0 Å². The summed E-state index contributed by atoms with van der Waals surface area (Å²) in [6.07, 6.45) is 1.95. The molecule has 0 amide bonds. The molecule has 0 aliphatic heterocycles. The largest absolute Gasteiger partial charge is 0.337 e. The number of imidazole rings is 1. The maximum atomic E-state index is 5.99. The van der Waals surface area contributed by atoms with Gasteiger partial charge in [-0.15, -0.1) is 0 Å². The SMILES string of the molecule is CC(C)c1c[nH]c(=S)n1-c1cccc(Cl)c1. The number of halogens is 1. The second-order valence-corrected chi connectivity index (χ2v) is 4.81. The van der Waals surface area contributed by atoms with E-state index in [4.69, 9.17) is 23.8 Å². The molecule has 1 aromatic carbocycles. The third kappa shape index (κ3) is 2.06. The molecule has 2 aromatic rings. The van der Waals surface area contributed by atoms with Crippen molar-refractivity contribution in [2.24, 2.45) is 0 Å². The van der Waals surface area contributed by atoms with E-state index >= 15 is 0 Å². The summed E-state index contributed by atoms with van der Waals surface area (Å²) < 4.78 is 2.72. The molecule has 1 heterocycles. The number of hydrogen-bond acceptors (Lipinski definition) is 1. The Morgan fingerprint density at radius 1 is 1.38 bits per heavy atom. The molecule has 0 bridgehead atoms. The fourth-order valence-corrected chi connectivity index (χ4v) is 2.14. The maximum absolute atomic E-state index is 5.99. The van der Waals surface area contributed by atoms with Crippen LogP contribution in [0.1, 0.15) is 25.5 Å². The normalized spacial score (nSPS) is 11.0. The van der Waals surface area contributed by atoms with E-state index in [1.165, 1.54) is 0 Å². The van der Waals surface area contributed by atoms with Gasteiger partial charge in [0.2, 0.25) is 0 Å². The average molecular weight is 253 g/mol. The fraction of sp³-hybridized carbons (Fsp3) is 0.250. The Hall–Kier alpha value is -1.06. The molecule has 2 nitrogen and oxygen atoms in total. The van der Waals surface area contributed by atoms with Gasteiger partial charge in [0.1, 0.15) is 0 Å². The quantitative estimate of drug-likeness (QED) is 0.790. The lowest BCUT2D eigenvalue weighted by Crippen LogP contribution is -2.01. The summed E-state index contributed by atoms with van der Waals surface area (Å²) in [6.45, 7) is 4.28. The topological polar surface area (TPSA) is 20.7 Å². The van der Waals surface area contributed by atoms with Crippen LogP contribution < -0.4 is 0 Å². The highest BCUT2D eigenvalue weighted by Gasteiger charge is 2.09. The molecule has 0 atom stereocenters. The van der Waals surface area contributed by atoms with Crippen LogP contribution in [0.3, 0.4) is 0 Å². The van der Waals surface area contributed by atoms with Gasteiger partial charge in [-0.2, -0.15) is 0 Å². The van der Waals surface area contributed by atoms with Crippen LogP contribution in [0.2, 0.25) is 5.02 Å². The highest BCUT2D eigenvalue weighted by Crippen LogP contribution is 2.21. The van der Waals surface area contributed by atoms with Gasteiger partial charge in [-0.1, -0.05) is 31.5 Å². The van der Waals surface area contributed by atoms with Crippen LogP contribution in [0.25, 0.3) is 5.69 Å². The zero-order valence-electron chi connectivity index (χ0n) is 9.20. The first kappa shape index (κ1) is 11.4. The summed E-state index contributed by atoms with van der Waals surface area (Å²) in [6, 6.07) is 7.70. The summed E-state index contributed by atoms with van der Waals surface area (Å²) >= 11 is 11.3. The van der Waals surface area contributed by atoms with Crippen LogP contribution >= 0.6 is 23.8 Å². The van der Waals surface area contributed by atoms with Crippen molar-refractivity contribution in [2.75, 3.05) is 0 Å². The van der Waals surface area contributed by atoms with Gasteiger partial charge in [0.05, 0.1) is 0 Å². The molecular formula is C12H13ClN2S. The van der Waals surface area contributed by atoms with E-state index in [-0.39, 0.29) is 0 Å². The third-order valence-corrected chi connectivity index (χ3v) is 3.00. The Morgan fingerprint density at radius 3 is 2.75 bits per heavy atom. The molecule has 0 aliphatic carbocycles. The first-order valence-corrected chi connectivity index (χ1v) is 5.94. The summed E-state index contributed by atoms with van der Waals surface area (Å²) in [5.74, 6) is 0.409. The number of hydrogen-bond donors (Lipinski definition) is 1. The highest BCUT2D eigenvalue weighted by atomic mass is 35.5. The molecule has 4 heteroatoms. The second kappa shape index (κ2) is 4.44. The Morgan fingerprint density at radius 2 is 2.12 bits per heavy atom. The number of rotatable bonds is 2. The number of nitrogens with zero attached hydrogens (tertiary/aromatic N) is 1. The smallest absolute Gasteiger partial charge is 0.182 e. The molecule has 0 fully saturated rings. The van der Waals surface area contributed by atoms with Gasteiger partial charge < -0.3 is 4.98 Å². The van der Waals surface area contributed by atoms with E-state index in [0.717, 1.165) is 16.4 Å². The number of nitrogens with one attached hydrogen (secondary N) is 1. The van der Waals surface area contributed by atoms with Gasteiger partial charge in [-0.3, -0.25) is 4.57 Å². The number of benzene rings is 1. The first-order chi connectivity index (χ1) is 7.59. The van der Waals surface area contributed by atoms with Crippen molar-refractivity contribution in [2.45, 2.75) is 19.8 Å².